The molecule has 0 saturated heterocycles. The highest BCUT2D eigenvalue weighted by Crippen LogP contribution is 2.20. The van der Waals surface area contributed by atoms with Crippen molar-refractivity contribution in [2.75, 3.05) is 11.9 Å². The molecule has 0 saturated carbocycles. The van der Waals surface area contributed by atoms with Crippen LogP contribution in [0, 0.1) is 11.3 Å². The van der Waals surface area contributed by atoms with E-state index in [-0.39, 0.29) is 18.6 Å². The fraction of sp³-hybridized carbons (Fsp3) is 0.333. The summed E-state index contributed by atoms with van der Waals surface area (Å²) in [5.41, 5.74) is 0.965. The second-order valence-corrected chi connectivity index (χ2v) is 4.13. The van der Waals surface area contributed by atoms with E-state index in [1.165, 1.54) is 0 Å². The largest absolute Gasteiger partial charge is 0.462 e. The van der Waals surface area contributed by atoms with Crippen LogP contribution in [-0.2, 0) is 9.53 Å². The predicted molar refractivity (Wildman–Crippen MR) is 65.9 cm³/mol. The standard InChI is InChI=1S/C12H13ClN2O2/c1-8(2)17-12(16)7-15-11-5-10(13)4-3-9(11)6-14/h3-5,8,15H,7H2,1-2H3. The molecule has 0 radical (unpaired) electrons. The first kappa shape index (κ1) is 13.3. The van der Waals surface area contributed by atoms with Gasteiger partial charge in [-0.05, 0) is 32.0 Å². The van der Waals surface area contributed by atoms with Crippen LogP contribution in [0.15, 0.2) is 18.2 Å². The third-order valence-electron chi connectivity index (χ3n) is 1.89. The fourth-order valence-corrected chi connectivity index (χ4v) is 1.40. The number of anilines is 1. The van der Waals surface area contributed by atoms with Crippen molar-refractivity contribution in [3.8, 4) is 6.07 Å². The number of esters is 1. The van der Waals surface area contributed by atoms with Gasteiger partial charge in [-0.2, -0.15) is 5.26 Å². The van der Waals surface area contributed by atoms with E-state index >= 15 is 0 Å². The lowest BCUT2D eigenvalue weighted by molar-refractivity contribution is -0.145. The quantitative estimate of drug-likeness (QED) is 0.837. The first-order valence-electron chi connectivity index (χ1n) is 5.16. The van der Waals surface area contributed by atoms with E-state index in [4.69, 9.17) is 21.6 Å². The Morgan fingerprint density at radius 1 is 1.59 bits per heavy atom. The maximum atomic E-state index is 11.3. The van der Waals surface area contributed by atoms with E-state index < -0.39 is 0 Å². The lowest BCUT2D eigenvalue weighted by Gasteiger charge is -2.10. The van der Waals surface area contributed by atoms with Crippen molar-refractivity contribution < 1.29 is 9.53 Å². The number of rotatable bonds is 4. The van der Waals surface area contributed by atoms with Crippen LogP contribution in [0.2, 0.25) is 5.02 Å². The third-order valence-corrected chi connectivity index (χ3v) is 2.13. The van der Waals surface area contributed by atoms with Crippen LogP contribution in [0.5, 0.6) is 0 Å². The molecule has 0 aliphatic rings. The zero-order valence-corrected chi connectivity index (χ0v) is 10.4. The molecule has 4 nitrogen and oxygen atoms in total. The first-order valence-corrected chi connectivity index (χ1v) is 5.53. The number of nitrogens with one attached hydrogen (secondary N) is 1. The summed E-state index contributed by atoms with van der Waals surface area (Å²) in [5.74, 6) is -0.371. The van der Waals surface area contributed by atoms with E-state index in [1.54, 1.807) is 32.0 Å². The molecule has 1 aromatic carbocycles. The molecule has 0 atom stereocenters. The minimum atomic E-state index is -0.371. The topological polar surface area (TPSA) is 62.1 Å². The molecule has 90 valence electrons. The fourth-order valence-electron chi connectivity index (χ4n) is 1.23. The molecule has 5 heteroatoms. The number of nitriles is 1. The second kappa shape index (κ2) is 6.12. The summed E-state index contributed by atoms with van der Waals surface area (Å²) in [6, 6.07) is 6.83. The van der Waals surface area contributed by atoms with Gasteiger partial charge in [-0.3, -0.25) is 4.79 Å². The van der Waals surface area contributed by atoms with Crippen molar-refractivity contribution >= 4 is 23.3 Å². The van der Waals surface area contributed by atoms with Crippen LogP contribution < -0.4 is 5.32 Å². The molecule has 0 spiro atoms. The lowest BCUT2D eigenvalue weighted by atomic mass is 10.2. The van der Waals surface area contributed by atoms with Crippen molar-refractivity contribution in [1.82, 2.24) is 0 Å². The van der Waals surface area contributed by atoms with Gasteiger partial charge in [0.15, 0.2) is 0 Å². The van der Waals surface area contributed by atoms with Gasteiger partial charge >= 0.3 is 5.97 Å². The van der Waals surface area contributed by atoms with Gasteiger partial charge in [0.2, 0.25) is 0 Å². The Kier molecular flexibility index (Phi) is 4.80. The predicted octanol–water partition coefficient (Wildman–Crippen LogP) is 2.58. The normalized spacial score (nSPS) is 9.82. The van der Waals surface area contributed by atoms with Crippen LogP contribution in [-0.4, -0.2) is 18.6 Å². The minimum Gasteiger partial charge on any atom is -0.462 e. The smallest absolute Gasteiger partial charge is 0.325 e. The number of carbonyl (C=O) groups is 1. The highest BCUT2D eigenvalue weighted by molar-refractivity contribution is 6.30. The SMILES string of the molecule is CC(C)OC(=O)CNc1cc(Cl)ccc1C#N. The Balaban J connectivity index is 2.66. The summed E-state index contributed by atoms with van der Waals surface area (Å²) in [6.45, 7) is 3.56. The number of ether oxygens (including phenoxy) is 1. The number of carbonyl (C=O) groups excluding carboxylic acids is 1. The van der Waals surface area contributed by atoms with Crippen LogP contribution in [0.1, 0.15) is 19.4 Å². The second-order valence-electron chi connectivity index (χ2n) is 3.69. The van der Waals surface area contributed by atoms with Gasteiger partial charge in [0.1, 0.15) is 12.6 Å². The summed E-state index contributed by atoms with van der Waals surface area (Å²) >= 11 is 5.81. The van der Waals surface area contributed by atoms with Gasteiger partial charge in [0.25, 0.3) is 0 Å². The number of nitrogens with zero attached hydrogens (tertiary/aromatic N) is 1. The van der Waals surface area contributed by atoms with Crippen molar-refractivity contribution in [3.05, 3.63) is 28.8 Å². The van der Waals surface area contributed by atoms with E-state index in [2.05, 4.69) is 5.32 Å². The number of hydrogen-bond acceptors (Lipinski definition) is 4. The third kappa shape index (κ3) is 4.33. The summed E-state index contributed by atoms with van der Waals surface area (Å²) in [7, 11) is 0. The molecular weight excluding hydrogens is 240 g/mol. The molecule has 0 aliphatic heterocycles. The van der Waals surface area contributed by atoms with Gasteiger partial charge in [-0.25, -0.2) is 0 Å². The van der Waals surface area contributed by atoms with Gasteiger partial charge in [-0.15, -0.1) is 0 Å². The number of halogens is 1. The summed E-state index contributed by atoms with van der Waals surface area (Å²) in [6.07, 6.45) is -0.154. The van der Waals surface area contributed by atoms with Crippen molar-refractivity contribution in [2.45, 2.75) is 20.0 Å². The van der Waals surface area contributed by atoms with Crippen LogP contribution in [0.25, 0.3) is 0 Å². The minimum absolute atomic E-state index is 0.00715. The molecule has 0 unspecified atom stereocenters. The maximum absolute atomic E-state index is 11.3. The number of benzene rings is 1. The van der Waals surface area contributed by atoms with Crippen LogP contribution in [0.3, 0.4) is 0 Å². The number of hydrogen-bond donors (Lipinski definition) is 1. The molecule has 0 fully saturated rings. The highest BCUT2D eigenvalue weighted by Gasteiger charge is 2.07. The van der Waals surface area contributed by atoms with E-state index in [0.717, 1.165) is 0 Å². The van der Waals surface area contributed by atoms with E-state index in [9.17, 15) is 4.79 Å². The van der Waals surface area contributed by atoms with Crippen LogP contribution >= 0.6 is 11.6 Å². The molecular formula is C12H13ClN2O2. The van der Waals surface area contributed by atoms with Crippen LogP contribution in [0.4, 0.5) is 5.69 Å². The Morgan fingerprint density at radius 3 is 2.88 bits per heavy atom. The Labute approximate surface area is 105 Å². The molecule has 1 aromatic rings. The monoisotopic (exact) mass is 252 g/mol. The maximum Gasteiger partial charge on any atom is 0.325 e. The van der Waals surface area contributed by atoms with Gasteiger partial charge in [0.05, 0.1) is 17.4 Å². The molecule has 0 heterocycles. The summed E-state index contributed by atoms with van der Waals surface area (Å²) in [4.78, 5) is 11.3. The summed E-state index contributed by atoms with van der Waals surface area (Å²) in [5, 5.41) is 12.2. The molecule has 0 bridgehead atoms. The molecule has 1 N–H and O–H groups in total. The zero-order valence-electron chi connectivity index (χ0n) is 9.66. The average molecular weight is 253 g/mol. The molecule has 1 rings (SSSR count). The molecule has 0 amide bonds. The van der Waals surface area contributed by atoms with Gasteiger partial charge in [-0.1, -0.05) is 11.6 Å². The van der Waals surface area contributed by atoms with Crippen molar-refractivity contribution in [3.63, 3.8) is 0 Å². The molecule has 0 aromatic heterocycles. The lowest BCUT2D eigenvalue weighted by Crippen LogP contribution is -2.20. The zero-order chi connectivity index (χ0) is 12.8. The first-order chi connectivity index (χ1) is 8.02. The average Bonchev–Trinajstić information content (AvgIpc) is 2.25. The van der Waals surface area contributed by atoms with Gasteiger partial charge < -0.3 is 10.1 Å². The van der Waals surface area contributed by atoms with Gasteiger partial charge in [0, 0.05) is 5.02 Å². The highest BCUT2D eigenvalue weighted by atomic mass is 35.5. The Hall–Kier alpha value is -1.73. The van der Waals surface area contributed by atoms with Crippen molar-refractivity contribution in [1.29, 1.82) is 5.26 Å². The summed E-state index contributed by atoms with van der Waals surface area (Å²) < 4.78 is 4.96. The van der Waals surface area contributed by atoms with Crippen molar-refractivity contribution in [2.24, 2.45) is 0 Å². The van der Waals surface area contributed by atoms with E-state index in [0.29, 0.717) is 16.3 Å². The Bertz CT molecular complexity index is 452. The molecule has 17 heavy (non-hydrogen) atoms. The molecule has 0 aliphatic carbocycles. The Morgan fingerprint density at radius 2 is 2.29 bits per heavy atom. The van der Waals surface area contributed by atoms with E-state index in [1.807, 2.05) is 6.07 Å².